The molecule has 448 valence electrons. The van der Waals surface area contributed by atoms with Crippen LogP contribution in [0, 0.1) is 0 Å². The molecule has 10 aromatic carbocycles. The summed E-state index contributed by atoms with van der Waals surface area (Å²) in [6.45, 7) is 25.8. The van der Waals surface area contributed by atoms with Gasteiger partial charge in [-0.15, -0.1) is 0 Å². The van der Waals surface area contributed by atoms with Crippen LogP contribution in [0.15, 0.2) is 250 Å². The summed E-state index contributed by atoms with van der Waals surface area (Å²) in [7, 11) is 0. The zero-order valence-corrected chi connectivity index (χ0v) is 60.0. The quantitative estimate of drug-likeness (QED) is 0.0717. The van der Waals surface area contributed by atoms with Crippen LogP contribution in [0.5, 0.6) is 23.0 Å². The molecule has 0 heterocycles. The fourth-order valence-corrected chi connectivity index (χ4v) is 10.4. The van der Waals surface area contributed by atoms with Crippen LogP contribution in [0.25, 0.3) is 22.3 Å². The van der Waals surface area contributed by atoms with E-state index < -0.39 is 0 Å². The molecule has 0 amide bonds. The average Bonchev–Trinajstić information content (AvgIpc) is 0.927. The second-order valence-electron chi connectivity index (χ2n) is 26.2. The van der Waals surface area contributed by atoms with Gasteiger partial charge in [0.15, 0.2) is 0 Å². The maximum absolute atomic E-state index is 11.3. The second kappa shape index (κ2) is 29.3. The van der Waals surface area contributed by atoms with E-state index in [4.69, 9.17) is 20.0 Å². The van der Waals surface area contributed by atoms with Crippen molar-refractivity contribution in [2.24, 2.45) is 20.0 Å². The second-order valence-corrected chi connectivity index (χ2v) is 26.2. The number of hydrogen-bond donors (Lipinski definition) is 4. The molecule has 0 aliphatic carbocycles. The van der Waals surface area contributed by atoms with Gasteiger partial charge in [0.05, 0.1) is 34.2 Å². The largest absolute Gasteiger partial charge is 0.507 e. The van der Waals surface area contributed by atoms with E-state index in [2.05, 4.69) is 95.2 Å². The van der Waals surface area contributed by atoms with Crippen molar-refractivity contribution in [1.82, 2.24) is 0 Å². The topological polar surface area (TPSA) is 130 Å². The predicted octanol–water partition coefficient (Wildman–Crippen LogP) is 20.6. The molecule has 4 N–H and O–H groups in total. The molecule has 8 nitrogen and oxygen atoms in total. The summed E-state index contributed by atoms with van der Waals surface area (Å²) >= 11 is 0. The number of aromatic hydroxyl groups is 4. The van der Waals surface area contributed by atoms with E-state index in [-0.39, 0.29) is 83.6 Å². The van der Waals surface area contributed by atoms with Gasteiger partial charge >= 0.3 is 0 Å². The maximum atomic E-state index is 11.3. The van der Waals surface area contributed by atoms with E-state index in [1.54, 1.807) is 36.7 Å². The minimum atomic E-state index is -0.225. The monoisotopic (exact) mass is 1290 g/mol. The molecule has 0 atom stereocenters. The van der Waals surface area contributed by atoms with Crippen molar-refractivity contribution in [2.45, 2.75) is 105 Å². The summed E-state index contributed by atoms with van der Waals surface area (Å²) in [5.41, 5.74) is 16.0. The molecule has 0 unspecified atom stereocenters. The summed E-state index contributed by atoms with van der Waals surface area (Å²) in [4.78, 5) is 20.2. The minimum absolute atomic E-state index is 0. The number of phenols is 4. The van der Waals surface area contributed by atoms with Crippen molar-refractivity contribution >= 4 is 46.6 Å². The van der Waals surface area contributed by atoms with Crippen molar-refractivity contribution in [2.75, 3.05) is 0 Å². The van der Waals surface area contributed by atoms with Gasteiger partial charge in [0.25, 0.3) is 0 Å². The zero-order valence-electron chi connectivity index (χ0n) is 54.1. The molecule has 0 aromatic heterocycles. The van der Waals surface area contributed by atoms with Gasteiger partial charge in [-0.05, 0) is 93.5 Å². The van der Waals surface area contributed by atoms with E-state index in [1.807, 2.05) is 194 Å². The summed E-state index contributed by atoms with van der Waals surface area (Å²) < 4.78 is 0. The number of nitrogens with zero attached hydrogens (tertiary/aromatic N) is 4. The molecule has 0 spiro atoms. The molecule has 10 heteroatoms. The average molecular weight is 1290 g/mol. The molecule has 0 saturated heterocycles. The number of hydrogen-bond acceptors (Lipinski definition) is 8. The van der Waals surface area contributed by atoms with E-state index >= 15 is 0 Å². The van der Waals surface area contributed by atoms with E-state index in [0.29, 0.717) is 33.7 Å². The predicted molar refractivity (Wildman–Crippen MR) is 369 cm³/mol. The van der Waals surface area contributed by atoms with E-state index in [9.17, 15) is 20.4 Å². The van der Waals surface area contributed by atoms with Crippen LogP contribution in [0.2, 0.25) is 0 Å². The Kier molecular flexibility index (Phi) is 22.4. The number of benzene rings is 10. The van der Waals surface area contributed by atoms with Crippen LogP contribution < -0.4 is 0 Å². The van der Waals surface area contributed by atoms with Gasteiger partial charge in [-0.25, -0.2) is 9.98 Å². The minimum Gasteiger partial charge on any atom is -0.507 e. The number of para-hydroxylation sites is 6. The van der Waals surface area contributed by atoms with Crippen LogP contribution in [0.1, 0.15) is 139 Å². The molecule has 0 aliphatic heterocycles. The standard InChI is InChI=1S/C42H52N2O2.C38H28N2O2.2Zn/c1-39(2,3)29-21-27(37(45)33(23-29)41(7,8)9)25-43-35-19-15-13-17-31(35)32-18-14-16-20-36(32)44-26-28-22-30(40(4,5)6)24-34(38(28)46)42(10,11)12;41-35-25-13-9-21-31(35)37(27-15-3-1-4-16-27)39-33-23-11-7-19-29(33)30-20-8-12-24-34(30)40-38(28-17-5-2-6-18-28)32-22-10-14-26-36(32)42;;/h13-26,45-46H,1-12H3;1-26,41-42H;;. The van der Waals surface area contributed by atoms with E-state index in [0.717, 1.165) is 78.4 Å². The van der Waals surface area contributed by atoms with Crippen molar-refractivity contribution < 1.29 is 59.4 Å². The maximum Gasteiger partial charge on any atom is 0.128 e. The van der Waals surface area contributed by atoms with E-state index in [1.165, 1.54) is 0 Å². The van der Waals surface area contributed by atoms with Gasteiger partial charge in [0.1, 0.15) is 23.0 Å². The zero-order chi connectivity index (χ0) is 63.0. The molecule has 0 saturated carbocycles. The first-order valence-electron chi connectivity index (χ1n) is 29.9. The molecule has 0 fully saturated rings. The molecule has 0 radical (unpaired) electrons. The Balaban J connectivity index is 0.000000251. The van der Waals surface area contributed by atoms with Gasteiger partial charge in [-0.1, -0.05) is 253 Å². The Labute approximate surface area is 558 Å². The smallest absolute Gasteiger partial charge is 0.128 e. The fourth-order valence-electron chi connectivity index (χ4n) is 10.4. The van der Waals surface area contributed by atoms with Crippen LogP contribution in [-0.2, 0) is 60.6 Å². The third-order valence-corrected chi connectivity index (χ3v) is 15.4. The summed E-state index contributed by atoms with van der Waals surface area (Å²) in [6.07, 6.45) is 3.54. The first-order chi connectivity index (χ1) is 41.9. The Morgan fingerprint density at radius 3 is 0.900 bits per heavy atom. The Morgan fingerprint density at radius 2 is 0.589 bits per heavy atom. The third kappa shape index (κ3) is 16.6. The SMILES string of the molecule is CC(C)(C)c1cc(C=Nc2ccccc2-c2ccccc2N=Cc2cc(C(C)(C)C)cc(C(C)(C)C)c2O)c(O)c(C(C)(C)C)c1.Oc1ccccc1C(=Nc1ccccc1-c1ccccc1N=C(c1ccccc1)c1ccccc1O)c1ccccc1.[Zn].[Zn]. The first kappa shape index (κ1) is 68.8. The van der Waals surface area contributed by atoms with Gasteiger partial charge in [0, 0.05) is 118 Å². The van der Waals surface area contributed by atoms with Crippen molar-refractivity contribution in [3.8, 4) is 45.3 Å². The Morgan fingerprint density at radius 1 is 0.311 bits per heavy atom. The Bertz CT molecular complexity index is 3960. The van der Waals surface area contributed by atoms with Crippen LogP contribution >= 0.6 is 0 Å². The number of aliphatic imine (C=N–C) groups is 4. The summed E-state index contributed by atoms with van der Waals surface area (Å²) in [5, 5.41) is 44.2. The van der Waals surface area contributed by atoms with Crippen LogP contribution in [0.3, 0.4) is 0 Å². The van der Waals surface area contributed by atoms with Crippen LogP contribution in [-0.4, -0.2) is 44.3 Å². The normalized spacial score (nSPS) is 12.3. The summed E-state index contributed by atoms with van der Waals surface area (Å²) in [5.74, 6) is 0.854. The fraction of sp³-hybridized carbons (Fsp3) is 0.200. The molecule has 90 heavy (non-hydrogen) atoms. The van der Waals surface area contributed by atoms with Crippen molar-refractivity contribution in [1.29, 1.82) is 0 Å². The van der Waals surface area contributed by atoms with Crippen LogP contribution in [0.4, 0.5) is 22.7 Å². The first-order valence-corrected chi connectivity index (χ1v) is 29.9. The van der Waals surface area contributed by atoms with Crippen molar-refractivity contribution in [3.05, 3.63) is 286 Å². The molecular formula is C80H80N4O4Zn2. The number of phenolic OH excluding ortho intramolecular Hbond substituents is 4. The molecule has 0 bridgehead atoms. The van der Waals surface area contributed by atoms with Gasteiger partial charge in [-0.2, -0.15) is 0 Å². The number of rotatable bonds is 12. The van der Waals surface area contributed by atoms with Gasteiger partial charge < -0.3 is 20.4 Å². The molecule has 10 rings (SSSR count). The molecule has 10 aromatic rings. The van der Waals surface area contributed by atoms with Gasteiger partial charge in [-0.3, -0.25) is 9.98 Å². The molecular weight excluding hydrogens is 1210 g/mol. The van der Waals surface area contributed by atoms with Crippen molar-refractivity contribution in [3.63, 3.8) is 0 Å². The van der Waals surface area contributed by atoms with Gasteiger partial charge in [0.2, 0.25) is 0 Å². The molecule has 0 aliphatic rings. The third-order valence-electron chi connectivity index (χ3n) is 15.4. The summed E-state index contributed by atoms with van der Waals surface area (Å²) in [6, 6.07) is 74.4. The Hall–Kier alpha value is -8.67.